The van der Waals surface area contributed by atoms with Gasteiger partial charge in [0.15, 0.2) is 0 Å². The van der Waals surface area contributed by atoms with E-state index in [4.69, 9.17) is 15.2 Å². The molecule has 1 aromatic rings. The Morgan fingerprint density at radius 3 is 2.00 bits per heavy atom. The van der Waals surface area contributed by atoms with E-state index in [9.17, 15) is 19.2 Å². The monoisotopic (exact) mass is 523 g/mol. The Bertz CT molecular complexity index is 971. The summed E-state index contributed by atoms with van der Waals surface area (Å²) in [6.07, 6.45) is 0.212. The zero-order chi connectivity index (χ0) is 28.1. The number of nitrogens with zero attached hydrogens (tertiary/aromatic N) is 5. The number of hydrogen-bond donors (Lipinski definition) is 2. The third kappa shape index (κ3) is 9.21. The quantitative estimate of drug-likeness (QED) is 0.548. The molecule has 0 spiro atoms. The van der Waals surface area contributed by atoms with Gasteiger partial charge in [-0.25, -0.2) is 14.3 Å². The zero-order valence-electron chi connectivity index (χ0n) is 23.1. The van der Waals surface area contributed by atoms with Crippen LogP contribution in [0.4, 0.5) is 9.59 Å². The number of rotatable bonds is 7. The summed E-state index contributed by atoms with van der Waals surface area (Å²) in [6, 6.07) is -1.55. The van der Waals surface area contributed by atoms with Crippen molar-refractivity contribution >= 4 is 24.0 Å². The molecular weight excluding hydrogens is 482 g/mol. The topological polar surface area (TPSA) is 162 Å². The van der Waals surface area contributed by atoms with Gasteiger partial charge >= 0.3 is 12.2 Å². The molecule has 1 aliphatic rings. The van der Waals surface area contributed by atoms with Crippen LogP contribution in [0.2, 0.25) is 0 Å². The number of nitrogens with one attached hydrogen (secondary N) is 1. The first-order valence-electron chi connectivity index (χ1n) is 12.4. The van der Waals surface area contributed by atoms with Crippen molar-refractivity contribution in [2.24, 2.45) is 11.7 Å². The van der Waals surface area contributed by atoms with Crippen molar-refractivity contribution in [3.8, 4) is 0 Å². The summed E-state index contributed by atoms with van der Waals surface area (Å²) in [5.74, 6) is -1.10. The fourth-order valence-corrected chi connectivity index (χ4v) is 3.73. The molecule has 13 nitrogen and oxygen atoms in total. The number of hydrogen-bond acceptors (Lipinski definition) is 8. The first-order valence-corrected chi connectivity index (χ1v) is 12.4. The first kappa shape index (κ1) is 29.8. The lowest BCUT2D eigenvalue weighted by molar-refractivity contribution is -0.139. The number of amides is 4. The molecule has 1 fully saturated rings. The summed E-state index contributed by atoms with van der Waals surface area (Å²) < 4.78 is 12.1. The normalized spacial score (nSPS) is 16.2. The average Bonchev–Trinajstić information content (AvgIpc) is 3.22. The Morgan fingerprint density at radius 1 is 0.973 bits per heavy atom. The van der Waals surface area contributed by atoms with Gasteiger partial charge in [-0.05, 0) is 47.5 Å². The van der Waals surface area contributed by atoms with E-state index in [1.807, 2.05) is 13.8 Å². The third-order valence-electron chi connectivity index (χ3n) is 5.43. The standard InChI is InChI=1S/C24H41N7O6/c1-15(2)19(26-21(34)36-23(3,4)5)16-14-31(28-27-16)17(13-18(25)32)20(33)29-9-11-30(12-10-29)22(35)37-24(6,7)8/h14-15,17,19H,9-13H2,1-8H3,(H2,25,32)(H,26,34)/t17-,19-/m0/s1. The predicted molar refractivity (Wildman–Crippen MR) is 134 cm³/mol. The van der Waals surface area contributed by atoms with Crippen LogP contribution in [0.5, 0.6) is 0 Å². The van der Waals surface area contributed by atoms with Crippen molar-refractivity contribution in [3.63, 3.8) is 0 Å². The van der Waals surface area contributed by atoms with Crippen molar-refractivity contribution < 1.29 is 28.7 Å². The smallest absolute Gasteiger partial charge is 0.410 e. The maximum atomic E-state index is 13.4. The minimum Gasteiger partial charge on any atom is -0.444 e. The highest BCUT2D eigenvalue weighted by Crippen LogP contribution is 2.23. The molecule has 1 aromatic heterocycles. The molecule has 0 aromatic carbocycles. The second-order valence-corrected chi connectivity index (χ2v) is 11.5. The number of aromatic nitrogens is 3. The Balaban J connectivity index is 2.15. The van der Waals surface area contributed by atoms with Gasteiger partial charge in [-0.1, -0.05) is 19.1 Å². The molecule has 0 unspecified atom stereocenters. The van der Waals surface area contributed by atoms with Gasteiger partial charge in [0.05, 0.1) is 18.7 Å². The number of piperazine rings is 1. The number of alkyl carbamates (subject to hydrolysis) is 1. The van der Waals surface area contributed by atoms with Crippen LogP contribution >= 0.6 is 0 Å². The fraction of sp³-hybridized carbons (Fsp3) is 0.750. The molecular formula is C24H41N7O6. The van der Waals surface area contributed by atoms with Crippen LogP contribution in [0.15, 0.2) is 6.20 Å². The molecule has 3 N–H and O–H groups in total. The average molecular weight is 524 g/mol. The van der Waals surface area contributed by atoms with E-state index in [-0.39, 0.29) is 31.3 Å². The van der Waals surface area contributed by atoms with Crippen molar-refractivity contribution in [3.05, 3.63) is 11.9 Å². The lowest BCUT2D eigenvalue weighted by Gasteiger charge is -2.36. The number of carbonyl (C=O) groups excluding carboxylic acids is 4. The maximum absolute atomic E-state index is 13.4. The molecule has 13 heteroatoms. The second kappa shape index (κ2) is 11.8. The van der Waals surface area contributed by atoms with E-state index in [1.54, 1.807) is 51.3 Å². The van der Waals surface area contributed by atoms with Crippen LogP contribution in [0.25, 0.3) is 0 Å². The molecule has 2 atom stereocenters. The zero-order valence-corrected chi connectivity index (χ0v) is 23.1. The van der Waals surface area contributed by atoms with Gasteiger partial charge in [-0.2, -0.15) is 0 Å². The fourth-order valence-electron chi connectivity index (χ4n) is 3.73. The van der Waals surface area contributed by atoms with Crippen LogP contribution in [0.1, 0.15) is 79.6 Å². The number of ether oxygens (including phenoxy) is 2. The van der Waals surface area contributed by atoms with E-state index < -0.39 is 41.4 Å². The molecule has 4 amide bonds. The molecule has 2 heterocycles. The highest BCUT2D eigenvalue weighted by molar-refractivity contribution is 5.86. The van der Waals surface area contributed by atoms with Gasteiger partial charge in [0.2, 0.25) is 11.8 Å². The highest BCUT2D eigenvalue weighted by Gasteiger charge is 2.34. The Hall–Kier alpha value is -3.38. The van der Waals surface area contributed by atoms with Gasteiger partial charge in [0, 0.05) is 26.2 Å². The highest BCUT2D eigenvalue weighted by atomic mass is 16.6. The lowest BCUT2D eigenvalue weighted by Crippen LogP contribution is -2.53. The number of nitrogens with two attached hydrogens (primary N) is 1. The minimum absolute atomic E-state index is 0.0658. The molecule has 2 rings (SSSR count). The first-order chi connectivity index (χ1) is 17.0. The van der Waals surface area contributed by atoms with Crippen LogP contribution in [0, 0.1) is 5.92 Å². The minimum atomic E-state index is -1.01. The predicted octanol–water partition coefficient (Wildman–Crippen LogP) is 2.00. The van der Waals surface area contributed by atoms with Gasteiger partial charge in [0.1, 0.15) is 22.9 Å². The summed E-state index contributed by atoms with van der Waals surface area (Å²) in [7, 11) is 0. The van der Waals surface area contributed by atoms with Crippen LogP contribution < -0.4 is 11.1 Å². The number of primary amides is 1. The largest absolute Gasteiger partial charge is 0.444 e. The van der Waals surface area contributed by atoms with Crippen LogP contribution in [-0.4, -0.2) is 86.2 Å². The van der Waals surface area contributed by atoms with Crippen molar-refractivity contribution in [1.29, 1.82) is 0 Å². The number of carbonyl (C=O) groups is 4. The van der Waals surface area contributed by atoms with E-state index in [2.05, 4.69) is 15.6 Å². The molecule has 0 saturated carbocycles. The Morgan fingerprint density at radius 2 is 1.51 bits per heavy atom. The molecule has 0 bridgehead atoms. The van der Waals surface area contributed by atoms with Crippen LogP contribution in [0.3, 0.4) is 0 Å². The van der Waals surface area contributed by atoms with Gasteiger partial charge in [-0.3, -0.25) is 9.59 Å². The van der Waals surface area contributed by atoms with Crippen molar-refractivity contribution in [2.45, 2.75) is 85.1 Å². The van der Waals surface area contributed by atoms with E-state index in [1.165, 1.54) is 10.9 Å². The lowest BCUT2D eigenvalue weighted by atomic mass is 10.0. The van der Waals surface area contributed by atoms with Crippen LogP contribution in [-0.2, 0) is 19.1 Å². The van der Waals surface area contributed by atoms with E-state index in [0.717, 1.165) is 0 Å². The Labute approximate surface area is 218 Å². The SMILES string of the molecule is CC(C)[C@H](NC(=O)OC(C)(C)C)c1cn([C@@H](CC(N)=O)C(=O)N2CCN(C(=O)OC(C)(C)C)CC2)nn1. The van der Waals surface area contributed by atoms with Crippen molar-refractivity contribution in [1.82, 2.24) is 30.1 Å². The molecule has 0 radical (unpaired) electrons. The molecule has 1 saturated heterocycles. The van der Waals surface area contributed by atoms with Crippen molar-refractivity contribution in [2.75, 3.05) is 26.2 Å². The third-order valence-corrected chi connectivity index (χ3v) is 5.43. The van der Waals surface area contributed by atoms with E-state index in [0.29, 0.717) is 18.8 Å². The Kier molecular flexibility index (Phi) is 9.50. The van der Waals surface area contributed by atoms with E-state index >= 15 is 0 Å². The molecule has 0 aliphatic carbocycles. The van der Waals surface area contributed by atoms with Gasteiger partial charge < -0.3 is 30.3 Å². The van der Waals surface area contributed by atoms with Gasteiger partial charge in [0.25, 0.3) is 0 Å². The summed E-state index contributed by atoms with van der Waals surface area (Å²) >= 11 is 0. The summed E-state index contributed by atoms with van der Waals surface area (Å²) in [5, 5.41) is 11.0. The summed E-state index contributed by atoms with van der Waals surface area (Å²) in [6.45, 7) is 15.6. The molecule has 208 valence electrons. The molecule has 37 heavy (non-hydrogen) atoms. The maximum Gasteiger partial charge on any atom is 0.410 e. The van der Waals surface area contributed by atoms with Gasteiger partial charge in [-0.15, -0.1) is 5.10 Å². The molecule has 1 aliphatic heterocycles. The summed E-state index contributed by atoms with van der Waals surface area (Å²) in [5.41, 5.74) is 4.57. The summed E-state index contributed by atoms with van der Waals surface area (Å²) in [4.78, 5) is 53.0. The second-order valence-electron chi connectivity index (χ2n) is 11.5.